The molecule has 1 saturated heterocycles. The van der Waals surface area contributed by atoms with E-state index in [0.29, 0.717) is 11.4 Å². The third-order valence-corrected chi connectivity index (χ3v) is 7.48. The van der Waals surface area contributed by atoms with Gasteiger partial charge in [0.2, 0.25) is 5.91 Å². The van der Waals surface area contributed by atoms with E-state index >= 15 is 0 Å². The summed E-state index contributed by atoms with van der Waals surface area (Å²) in [4.78, 5) is 15.6. The first kappa shape index (κ1) is 17.5. The molecule has 2 saturated carbocycles. The normalized spacial score (nSPS) is 32.0. The van der Waals surface area contributed by atoms with Gasteiger partial charge in [0, 0.05) is 31.0 Å². The molecule has 0 aromatic heterocycles. The van der Waals surface area contributed by atoms with E-state index < -0.39 is 0 Å². The SMILES string of the molecule is O=C(NCc1ccc(CN2CCOCC2)cc1)[C@@]12CC[C@H](C[C@@H]1Br)C2. The lowest BCUT2D eigenvalue weighted by Gasteiger charge is -2.30. The van der Waals surface area contributed by atoms with E-state index in [1.807, 2.05) is 0 Å². The number of morpholine rings is 1. The van der Waals surface area contributed by atoms with Gasteiger partial charge in [0.1, 0.15) is 0 Å². The predicted octanol–water partition coefficient (Wildman–Crippen LogP) is 3.09. The van der Waals surface area contributed by atoms with Crippen LogP contribution in [0.2, 0.25) is 0 Å². The third kappa shape index (κ3) is 3.64. The molecule has 0 radical (unpaired) electrons. The Hall–Kier alpha value is -0.910. The summed E-state index contributed by atoms with van der Waals surface area (Å²) in [6.45, 7) is 5.29. The minimum Gasteiger partial charge on any atom is -0.379 e. The number of nitrogens with one attached hydrogen (secondary N) is 1. The zero-order valence-electron chi connectivity index (χ0n) is 14.7. The Balaban J connectivity index is 1.30. The fourth-order valence-corrected chi connectivity index (χ4v) is 5.82. The Morgan fingerprint density at radius 2 is 1.96 bits per heavy atom. The highest BCUT2D eigenvalue weighted by Gasteiger charge is 2.55. The van der Waals surface area contributed by atoms with Crippen LogP contribution in [-0.2, 0) is 22.6 Å². The summed E-state index contributed by atoms with van der Waals surface area (Å²) < 4.78 is 5.40. The summed E-state index contributed by atoms with van der Waals surface area (Å²) in [7, 11) is 0. The number of amides is 1. The molecule has 1 aromatic carbocycles. The largest absolute Gasteiger partial charge is 0.379 e. The number of rotatable bonds is 5. The number of hydrogen-bond donors (Lipinski definition) is 1. The standard InChI is InChI=1S/C20H27BrN2O2/c21-18-11-17-5-6-20(18,12-17)19(24)22-13-15-1-3-16(4-2-15)14-23-7-9-25-10-8-23/h1-4,17-18H,5-14H2,(H,22,24)/t17-,18+,20-/m1/s1. The molecule has 4 rings (SSSR count). The van der Waals surface area contributed by atoms with Gasteiger partial charge in [0.25, 0.3) is 0 Å². The average Bonchev–Trinajstić information content (AvgIpc) is 3.20. The van der Waals surface area contributed by atoms with Crippen molar-refractivity contribution in [1.82, 2.24) is 10.2 Å². The molecule has 25 heavy (non-hydrogen) atoms. The van der Waals surface area contributed by atoms with Crippen LogP contribution in [0.25, 0.3) is 0 Å². The van der Waals surface area contributed by atoms with Crippen LogP contribution in [0.15, 0.2) is 24.3 Å². The Bertz CT molecular complexity index is 615. The first-order valence-corrected chi connectivity index (χ1v) is 10.4. The van der Waals surface area contributed by atoms with E-state index in [1.165, 1.54) is 17.5 Å². The van der Waals surface area contributed by atoms with Crippen molar-refractivity contribution >= 4 is 21.8 Å². The van der Waals surface area contributed by atoms with Gasteiger partial charge >= 0.3 is 0 Å². The second-order valence-corrected chi connectivity index (χ2v) is 8.96. The number of halogens is 1. The molecule has 2 aliphatic carbocycles. The molecule has 0 unspecified atom stereocenters. The molecule has 4 nitrogen and oxygen atoms in total. The van der Waals surface area contributed by atoms with Gasteiger partial charge in [0.05, 0.1) is 18.6 Å². The molecule has 1 N–H and O–H groups in total. The maximum atomic E-state index is 12.8. The molecular formula is C20H27BrN2O2. The second-order valence-electron chi connectivity index (χ2n) is 7.86. The molecule has 1 aliphatic heterocycles. The van der Waals surface area contributed by atoms with Gasteiger partial charge in [-0.1, -0.05) is 40.2 Å². The number of nitrogens with zero attached hydrogens (tertiary/aromatic N) is 1. The van der Waals surface area contributed by atoms with Crippen molar-refractivity contribution in [1.29, 1.82) is 0 Å². The summed E-state index contributed by atoms with van der Waals surface area (Å²) in [5.41, 5.74) is 2.35. The van der Waals surface area contributed by atoms with Crippen molar-refractivity contribution in [3.63, 3.8) is 0 Å². The van der Waals surface area contributed by atoms with Crippen molar-refractivity contribution in [2.45, 2.75) is 43.6 Å². The molecule has 3 atom stereocenters. The predicted molar refractivity (Wildman–Crippen MR) is 101 cm³/mol. The Morgan fingerprint density at radius 3 is 2.60 bits per heavy atom. The molecule has 1 amide bonds. The van der Waals surface area contributed by atoms with Crippen LogP contribution in [0.5, 0.6) is 0 Å². The maximum Gasteiger partial charge on any atom is 0.227 e. The van der Waals surface area contributed by atoms with Crippen LogP contribution < -0.4 is 5.32 Å². The van der Waals surface area contributed by atoms with Gasteiger partial charge in [-0.2, -0.15) is 0 Å². The van der Waals surface area contributed by atoms with Gasteiger partial charge in [-0.3, -0.25) is 9.69 Å². The number of hydrogen-bond acceptors (Lipinski definition) is 3. The number of alkyl halides is 1. The van der Waals surface area contributed by atoms with Crippen molar-refractivity contribution in [2.75, 3.05) is 26.3 Å². The fourth-order valence-electron chi connectivity index (χ4n) is 4.67. The van der Waals surface area contributed by atoms with E-state index in [-0.39, 0.29) is 11.3 Å². The van der Waals surface area contributed by atoms with E-state index in [4.69, 9.17) is 4.74 Å². The van der Waals surface area contributed by atoms with Gasteiger partial charge < -0.3 is 10.1 Å². The third-order valence-electron chi connectivity index (χ3n) is 6.23. The van der Waals surface area contributed by atoms with Gasteiger partial charge in [-0.25, -0.2) is 0 Å². The van der Waals surface area contributed by atoms with Crippen LogP contribution in [0.4, 0.5) is 0 Å². The van der Waals surface area contributed by atoms with E-state index in [2.05, 4.69) is 50.4 Å². The zero-order valence-corrected chi connectivity index (χ0v) is 16.3. The summed E-state index contributed by atoms with van der Waals surface area (Å²) >= 11 is 3.76. The van der Waals surface area contributed by atoms with E-state index in [1.54, 1.807) is 0 Å². The van der Waals surface area contributed by atoms with Crippen LogP contribution in [0.1, 0.15) is 36.8 Å². The summed E-state index contributed by atoms with van der Waals surface area (Å²) in [5, 5.41) is 3.19. The number of benzene rings is 1. The molecule has 1 heterocycles. The molecule has 3 aliphatic rings. The van der Waals surface area contributed by atoms with Crippen LogP contribution in [-0.4, -0.2) is 41.9 Å². The average molecular weight is 407 g/mol. The lowest BCUT2D eigenvalue weighted by molar-refractivity contribution is -0.130. The highest BCUT2D eigenvalue weighted by atomic mass is 79.9. The van der Waals surface area contributed by atoms with E-state index in [0.717, 1.165) is 58.0 Å². The minimum atomic E-state index is -0.152. The zero-order chi connectivity index (χ0) is 17.3. The molecule has 2 bridgehead atoms. The topological polar surface area (TPSA) is 41.6 Å². The van der Waals surface area contributed by atoms with Crippen LogP contribution in [0, 0.1) is 11.3 Å². The summed E-state index contributed by atoms with van der Waals surface area (Å²) in [6, 6.07) is 8.66. The van der Waals surface area contributed by atoms with Crippen LogP contribution >= 0.6 is 15.9 Å². The van der Waals surface area contributed by atoms with Crippen molar-refractivity contribution < 1.29 is 9.53 Å². The monoisotopic (exact) mass is 406 g/mol. The molecular weight excluding hydrogens is 380 g/mol. The maximum absolute atomic E-state index is 12.8. The molecule has 1 aromatic rings. The number of carbonyl (C=O) groups is 1. The number of fused-ring (bicyclic) bond motifs is 2. The fraction of sp³-hybridized carbons (Fsp3) is 0.650. The van der Waals surface area contributed by atoms with Gasteiger partial charge in [-0.05, 0) is 42.7 Å². The number of ether oxygens (including phenoxy) is 1. The van der Waals surface area contributed by atoms with Crippen molar-refractivity contribution in [3.8, 4) is 0 Å². The first-order valence-electron chi connectivity index (χ1n) is 9.46. The highest BCUT2D eigenvalue weighted by Crippen LogP contribution is 2.57. The molecule has 136 valence electrons. The second kappa shape index (κ2) is 7.37. The summed E-state index contributed by atoms with van der Waals surface area (Å²) in [5.74, 6) is 0.987. The lowest BCUT2D eigenvalue weighted by Crippen LogP contribution is -2.43. The van der Waals surface area contributed by atoms with Crippen molar-refractivity contribution in [3.05, 3.63) is 35.4 Å². The minimum absolute atomic E-state index is 0.152. The highest BCUT2D eigenvalue weighted by molar-refractivity contribution is 9.09. The van der Waals surface area contributed by atoms with Crippen LogP contribution in [0.3, 0.4) is 0 Å². The van der Waals surface area contributed by atoms with Gasteiger partial charge in [-0.15, -0.1) is 0 Å². The molecule has 3 fully saturated rings. The van der Waals surface area contributed by atoms with E-state index in [9.17, 15) is 4.79 Å². The first-order chi connectivity index (χ1) is 12.2. The lowest BCUT2D eigenvalue weighted by atomic mass is 9.83. The van der Waals surface area contributed by atoms with Crippen molar-refractivity contribution in [2.24, 2.45) is 11.3 Å². The Kier molecular flexibility index (Phi) is 5.16. The van der Waals surface area contributed by atoms with Gasteiger partial charge in [0.15, 0.2) is 0 Å². The smallest absolute Gasteiger partial charge is 0.227 e. The Morgan fingerprint density at radius 1 is 1.24 bits per heavy atom. The number of carbonyl (C=O) groups excluding carboxylic acids is 1. The quantitative estimate of drug-likeness (QED) is 0.763. The molecule has 0 spiro atoms. The Labute approximate surface area is 158 Å². The summed E-state index contributed by atoms with van der Waals surface area (Å²) in [6.07, 6.45) is 4.47. The molecule has 5 heteroatoms.